The molecular formula is C21H17Cl2N3OS. The van der Waals surface area contributed by atoms with Crippen LogP contribution in [-0.4, -0.2) is 11.3 Å². The molecule has 0 aliphatic heterocycles. The fraction of sp³-hybridized carbons (Fsp3) is 0.0476. The number of nitrogens with one attached hydrogen (secondary N) is 2. The molecule has 0 heterocycles. The van der Waals surface area contributed by atoms with Crippen molar-refractivity contribution >= 4 is 52.4 Å². The first-order valence-corrected chi connectivity index (χ1v) is 9.58. The van der Waals surface area contributed by atoms with Crippen molar-refractivity contribution in [3.8, 4) is 5.75 Å². The summed E-state index contributed by atoms with van der Waals surface area (Å²) >= 11 is 17.1. The van der Waals surface area contributed by atoms with Crippen molar-refractivity contribution in [1.82, 2.24) is 5.43 Å². The minimum Gasteiger partial charge on any atom is -0.489 e. The summed E-state index contributed by atoms with van der Waals surface area (Å²) in [6.45, 7) is 0.408. The number of rotatable bonds is 6. The maximum atomic E-state index is 6.01. The van der Waals surface area contributed by atoms with Crippen LogP contribution in [0.3, 0.4) is 0 Å². The Labute approximate surface area is 179 Å². The van der Waals surface area contributed by atoms with E-state index >= 15 is 0 Å². The molecule has 0 aliphatic carbocycles. The minimum atomic E-state index is 0.408. The molecule has 0 aromatic heterocycles. The topological polar surface area (TPSA) is 45.7 Å². The molecule has 142 valence electrons. The van der Waals surface area contributed by atoms with E-state index in [2.05, 4.69) is 15.8 Å². The van der Waals surface area contributed by atoms with E-state index in [1.807, 2.05) is 60.7 Å². The van der Waals surface area contributed by atoms with E-state index in [9.17, 15) is 0 Å². The number of hydrogen-bond donors (Lipinski definition) is 2. The van der Waals surface area contributed by atoms with E-state index in [4.69, 9.17) is 40.2 Å². The molecule has 0 saturated carbocycles. The Morgan fingerprint density at radius 2 is 1.71 bits per heavy atom. The largest absolute Gasteiger partial charge is 0.489 e. The molecule has 7 heteroatoms. The van der Waals surface area contributed by atoms with Crippen molar-refractivity contribution in [3.05, 3.63) is 94.0 Å². The number of ether oxygens (including phenoxy) is 1. The van der Waals surface area contributed by atoms with E-state index in [1.54, 1.807) is 18.3 Å². The highest BCUT2D eigenvalue weighted by Crippen LogP contribution is 2.23. The zero-order chi connectivity index (χ0) is 19.8. The Morgan fingerprint density at radius 3 is 2.43 bits per heavy atom. The van der Waals surface area contributed by atoms with Gasteiger partial charge in [-0.1, -0.05) is 47.5 Å². The van der Waals surface area contributed by atoms with Gasteiger partial charge < -0.3 is 10.1 Å². The van der Waals surface area contributed by atoms with Crippen molar-refractivity contribution in [3.63, 3.8) is 0 Å². The Bertz CT molecular complexity index is 963. The molecule has 28 heavy (non-hydrogen) atoms. The van der Waals surface area contributed by atoms with Crippen LogP contribution in [0.2, 0.25) is 10.0 Å². The van der Waals surface area contributed by atoms with Crippen molar-refractivity contribution in [2.24, 2.45) is 5.10 Å². The zero-order valence-electron chi connectivity index (χ0n) is 14.7. The molecule has 0 fully saturated rings. The lowest BCUT2D eigenvalue weighted by Crippen LogP contribution is -2.23. The average Bonchev–Trinajstić information content (AvgIpc) is 2.70. The summed E-state index contributed by atoms with van der Waals surface area (Å²) in [6, 6.07) is 22.6. The van der Waals surface area contributed by atoms with Gasteiger partial charge in [0.25, 0.3) is 0 Å². The Hall–Kier alpha value is -2.60. The van der Waals surface area contributed by atoms with E-state index < -0.39 is 0 Å². The highest BCUT2D eigenvalue weighted by molar-refractivity contribution is 7.80. The van der Waals surface area contributed by atoms with Crippen LogP contribution in [0.1, 0.15) is 11.1 Å². The predicted molar refractivity (Wildman–Crippen MR) is 121 cm³/mol. The molecule has 0 aliphatic rings. The monoisotopic (exact) mass is 429 g/mol. The fourth-order valence-corrected chi connectivity index (χ4v) is 2.78. The standard InChI is InChI=1S/C21H17Cl2N3OS/c22-19-11-8-16(12-20(19)23)14-27-18-9-6-15(7-10-18)13-24-26-21(28)25-17-4-2-1-3-5-17/h1-13H,14H2,(H2,25,26,28). The third-order valence-electron chi connectivity index (χ3n) is 3.68. The van der Waals surface area contributed by atoms with Crippen LogP contribution in [0.15, 0.2) is 77.9 Å². The van der Waals surface area contributed by atoms with Gasteiger partial charge in [0.05, 0.1) is 16.3 Å². The van der Waals surface area contributed by atoms with E-state index in [0.29, 0.717) is 21.8 Å². The van der Waals surface area contributed by atoms with Crippen molar-refractivity contribution in [2.45, 2.75) is 6.61 Å². The summed E-state index contributed by atoms with van der Waals surface area (Å²) in [4.78, 5) is 0. The minimum absolute atomic E-state index is 0.408. The van der Waals surface area contributed by atoms with Gasteiger partial charge in [-0.15, -0.1) is 0 Å². The van der Waals surface area contributed by atoms with Crippen LogP contribution in [0.5, 0.6) is 5.75 Å². The molecule has 0 bridgehead atoms. The maximum absolute atomic E-state index is 6.01. The molecule has 3 aromatic rings. The van der Waals surface area contributed by atoms with Gasteiger partial charge in [-0.05, 0) is 71.9 Å². The first-order valence-electron chi connectivity index (χ1n) is 8.42. The highest BCUT2D eigenvalue weighted by atomic mass is 35.5. The lowest BCUT2D eigenvalue weighted by atomic mass is 10.2. The summed E-state index contributed by atoms with van der Waals surface area (Å²) in [5.41, 5.74) is 5.55. The second-order valence-electron chi connectivity index (χ2n) is 5.80. The number of benzene rings is 3. The highest BCUT2D eigenvalue weighted by Gasteiger charge is 2.01. The van der Waals surface area contributed by atoms with Crippen molar-refractivity contribution in [1.29, 1.82) is 0 Å². The van der Waals surface area contributed by atoms with Crippen molar-refractivity contribution in [2.75, 3.05) is 5.32 Å². The van der Waals surface area contributed by atoms with Gasteiger partial charge >= 0.3 is 0 Å². The SMILES string of the molecule is S=C(NN=Cc1ccc(OCc2ccc(Cl)c(Cl)c2)cc1)Nc1ccccc1. The van der Waals surface area contributed by atoms with Crippen LogP contribution in [0.25, 0.3) is 0 Å². The summed E-state index contributed by atoms with van der Waals surface area (Å²) in [7, 11) is 0. The van der Waals surface area contributed by atoms with Gasteiger partial charge in [0.2, 0.25) is 0 Å². The first-order chi connectivity index (χ1) is 13.6. The second kappa shape index (κ2) is 10.1. The Balaban J connectivity index is 1.47. The van der Waals surface area contributed by atoms with Crippen LogP contribution in [-0.2, 0) is 6.61 Å². The number of hydrogen-bond acceptors (Lipinski definition) is 3. The molecule has 4 nitrogen and oxygen atoms in total. The number of hydrazone groups is 1. The molecule has 0 unspecified atom stereocenters. The number of halogens is 2. The lowest BCUT2D eigenvalue weighted by Gasteiger charge is -2.08. The van der Waals surface area contributed by atoms with Crippen LogP contribution >= 0.6 is 35.4 Å². The summed E-state index contributed by atoms with van der Waals surface area (Å²) in [5, 5.41) is 8.64. The van der Waals surface area contributed by atoms with Crippen LogP contribution < -0.4 is 15.5 Å². The molecule has 0 radical (unpaired) electrons. The quantitative estimate of drug-likeness (QED) is 0.291. The Morgan fingerprint density at radius 1 is 0.964 bits per heavy atom. The summed E-state index contributed by atoms with van der Waals surface area (Å²) in [5.74, 6) is 0.748. The van der Waals surface area contributed by atoms with Crippen LogP contribution in [0, 0.1) is 0 Å². The third kappa shape index (κ3) is 6.23. The molecule has 0 amide bonds. The summed E-state index contributed by atoms with van der Waals surface area (Å²) in [6.07, 6.45) is 1.68. The number of nitrogens with zero attached hydrogens (tertiary/aromatic N) is 1. The number of thiocarbonyl (C=S) groups is 1. The van der Waals surface area contributed by atoms with Crippen LogP contribution in [0.4, 0.5) is 5.69 Å². The van der Waals surface area contributed by atoms with E-state index in [1.165, 1.54) is 0 Å². The number of para-hydroxylation sites is 1. The molecule has 0 atom stereocenters. The molecule has 0 spiro atoms. The normalized spacial score (nSPS) is 10.6. The Kier molecular flexibility index (Phi) is 7.25. The van der Waals surface area contributed by atoms with Gasteiger partial charge in [0.1, 0.15) is 12.4 Å². The lowest BCUT2D eigenvalue weighted by molar-refractivity contribution is 0.306. The number of anilines is 1. The molecule has 0 saturated heterocycles. The van der Waals surface area contributed by atoms with Gasteiger partial charge in [0, 0.05) is 5.69 Å². The molecule has 3 aromatic carbocycles. The van der Waals surface area contributed by atoms with E-state index in [-0.39, 0.29) is 0 Å². The van der Waals surface area contributed by atoms with Gasteiger partial charge in [-0.25, -0.2) is 0 Å². The smallest absolute Gasteiger partial charge is 0.191 e. The second-order valence-corrected chi connectivity index (χ2v) is 7.02. The average molecular weight is 430 g/mol. The zero-order valence-corrected chi connectivity index (χ0v) is 17.1. The molecule has 3 rings (SSSR count). The summed E-state index contributed by atoms with van der Waals surface area (Å²) < 4.78 is 5.76. The molecular weight excluding hydrogens is 413 g/mol. The van der Waals surface area contributed by atoms with Gasteiger partial charge in [-0.2, -0.15) is 5.10 Å². The molecule has 2 N–H and O–H groups in total. The van der Waals surface area contributed by atoms with Gasteiger partial charge in [0.15, 0.2) is 5.11 Å². The first kappa shape index (κ1) is 20.1. The van der Waals surface area contributed by atoms with Gasteiger partial charge in [-0.3, -0.25) is 5.43 Å². The predicted octanol–water partition coefficient (Wildman–Crippen LogP) is 5.89. The van der Waals surface area contributed by atoms with E-state index in [0.717, 1.165) is 22.6 Å². The third-order valence-corrected chi connectivity index (χ3v) is 4.61. The maximum Gasteiger partial charge on any atom is 0.191 e. The van der Waals surface area contributed by atoms with Crippen molar-refractivity contribution < 1.29 is 4.74 Å². The fourth-order valence-electron chi connectivity index (χ4n) is 2.29.